The zero-order valence-corrected chi connectivity index (χ0v) is 13.9. The predicted molar refractivity (Wildman–Crippen MR) is 87.5 cm³/mol. The molecule has 1 saturated carbocycles. The van der Waals surface area contributed by atoms with Crippen molar-refractivity contribution in [3.05, 3.63) is 28.3 Å². The topological polar surface area (TPSA) is 81.5 Å². The number of ether oxygens (including phenoxy) is 1. The summed E-state index contributed by atoms with van der Waals surface area (Å²) in [6.07, 6.45) is 4.67. The molecule has 1 aromatic rings. The number of amides is 1. The van der Waals surface area contributed by atoms with Crippen molar-refractivity contribution in [3.63, 3.8) is 0 Å². The zero-order valence-electron chi connectivity index (χ0n) is 13.9. The average Bonchev–Trinajstić information content (AvgIpc) is 3.01. The van der Waals surface area contributed by atoms with Crippen molar-refractivity contribution >= 4 is 17.3 Å². The maximum absolute atomic E-state index is 12.3. The summed E-state index contributed by atoms with van der Waals surface area (Å²) in [7, 11) is 5.52. The van der Waals surface area contributed by atoms with E-state index in [-0.39, 0.29) is 17.3 Å². The van der Waals surface area contributed by atoms with Crippen LogP contribution in [-0.2, 0) is 4.79 Å². The van der Waals surface area contributed by atoms with E-state index in [4.69, 9.17) is 4.74 Å². The summed E-state index contributed by atoms with van der Waals surface area (Å²) in [5, 5.41) is 13.8. The first kappa shape index (κ1) is 17.2. The van der Waals surface area contributed by atoms with E-state index >= 15 is 0 Å². The van der Waals surface area contributed by atoms with Gasteiger partial charge in [-0.1, -0.05) is 0 Å². The first-order valence-corrected chi connectivity index (χ1v) is 7.78. The minimum atomic E-state index is -0.519. The highest BCUT2D eigenvalue weighted by Gasteiger charge is 2.33. The highest BCUT2D eigenvalue weighted by molar-refractivity contribution is 5.94. The number of nitro groups is 1. The largest absolute Gasteiger partial charge is 0.496 e. The maximum atomic E-state index is 12.3. The molecule has 2 rings (SSSR count). The third-order valence-electron chi connectivity index (χ3n) is 4.54. The molecule has 1 amide bonds. The Hall–Kier alpha value is -2.15. The summed E-state index contributed by atoms with van der Waals surface area (Å²) >= 11 is 0. The summed E-state index contributed by atoms with van der Waals surface area (Å²) in [6, 6.07) is 4.89. The standard InChI is InChI=1S/C16H23N3O4/c1-19(2,12-6-4-5-7-12)11-16(20)17-14-9-8-13(23-3)10-15(14)18(21)22/h8-10,12H,4-7,11H2,1-3H3/p+1. The van der Waals surface area contributed by atoms with Crippen molar-refractivity contribution in [1.29, 1.82) is 0 Å². The van der Waals surface area contributed by atoms with Gasteiger partial charge in [-0.05, 0) is 37.8 Å². The number of likely N-dealkylation sites (N-methyl/N-ethyl adjacent to an activating group) is 1. The van der Waals surface area contributed by atoms with Crippen LogP contribution in [-0.4, -0.2) is 49.1 Å². The number of benzene rings is 1. The van der Waals surface area contributed by atoms with Crippen LogP contribution in [0.5, 0.6) is 5.75 Å². The van der Waals surface area contributed by atoms with Crippen molar-refractivity contribution in [2.45, 2.75) is 31.7 Å². The van der Waals surface area contributed by atoms with Gasteiger partial charge in [0.15, 0.2) is 6.54 Å². The number of hydrogen-bond acceptors (Lipinski definition) is 4. The lowest BCUT2D eigenvalue weighted by Crippen LogP contribution is -2.51. The number of hydrogen-bond donors (Lipinski definition) is 1. The van der Waals surface area contributed by atoms with Gasteiger partial charge in [-0.2, -0.15) is 0 Å². The second-order valence-electron chi connectivity index (χ2n) is 6.56. The molecule has 0 saturated heterocycles. The summed E-state index contributed by atoms with van der Waals surface area (Å²) in [6.45, 7) is 0.299. The van der Waals surface area contributed by atoms with Gasteiger partial charge in [0.25, 0.3) is 11.6 Å². The summed E-state index contributed by atoms with van der Waals surface area (Å²) in [4.78, 5) is 23.0. The molecule has 0 radical (unpaired) electrons. The fourth-order valence-electron chi connectivity index (χ4n) is 3.19. The van der Waals surface area contributed by atoms with Gasteiger partial charge in [-0.3, -0.25) is 14.9 Å². The van der Waals surface area contributed by atoms with Crippen LogP contribution in [0.15, 0.2) is 18.2 Å². The molecule has 126 valence electrons. The molecule has 0 aliphatic heterocycles. The van der Waals surface area contributed by atoms with Crippen molar-refractivity contribution in [3.8, 4) is 5.75 Å². The number of methoxy groups -OCH3 is 1. The van der Waals surface area contributed by atoms with Crippen LogP contribution < -0.4 is 10.1 Å². The minimum absolute atomic E-state index is 0.163. The number of nitrogens with zero attached hydrogens (tertiary/aromatic N) is 2. The van der Waals surface area contributed by atoms with Crippen LogP contribution in [0.4, 0.5) is 11.4 Å². The van der Waals surface area contributed by atoms with Crippen molar-refractivity contribution in [1.82, 2.24) is 0 Å². The highest BCUT2D eigenvalue weighted by atomic mass is 16.6. The Morgan fingerprint density at radius 2 is 2.04 bits per heavy atom. The maximum Gasteiger partial charge on any atom is 0.296 e. The molecule has 1 aliphatic rings. The van der Waals surface area contributed by atoms with Crippen LogP contribution >= 0.6 is 0 Å². The van der Waals surface area contributed by atoms with Gasteiger partial charge in [0.1, 0.15) is 11.4 Å². The Labute approximate surface area is 136 Å². The number of carbonyl (C=O) groups excluding carboxylic acids is 1. The lowest BCUT2D eigenvalue weighted by molar-refractivity contribution is -0.906. The molecular weight excluding hydrogens is 298 g/mol. The van der Waals surface area contributed by atoms with Crippen molar-refractivity contribution in [2.75, 3.05) is 33.1 Å². The fraction of sp³-hybridized carbons (Fsp3) is 0.562. The minimum Gasteiger partial charge on any atom is -0.496 e. The Kier molecular flexibility index (Phi) is 5.20. The SMILES string of the molecule is COc1ccc(NC(=O)C[N+](C)(C)C2CCCC2)c([N+](=O)[O-])c1. The molecule has 0 aromatic heterocycles. The van der Waals surface area contributed by atoms with Crippen LogP contribution in [0.25, 0.3) is 0 Å². The number of nitrogens with one attached hydrogen (secondary N) is 1. The summed E-state index contributed by atoms with van der Waals surface area (Å²) in [5.41, 5.74) is 0.0381. The van der Waals surface area contributed by atoms with E-state index in [0.717, 1.165) is 12.8 Å². The number of carbonyl (C=O) groups is 1. The van der Waals surface area contributed by atoms with Gasteiger partial charge in [-0.15, -0.1) is 0 Å². The second kappa shape index (κ2) is 6.95. The molecule has 23 heavy (non-hydrogen) atoms. The Bertz CT molecular complexity index is 595. The van der Waals surface area contributed by atoms with Gasteiger partial charge in [0.05, 0.1) is 38.2 Å². The van der Waals surface area contributed by atoms with Gasteiger partial charge < -0.3 is 14.5 Å². The van der Waals surface area contributed by atoms with Crippen LogP contribution in [0, 0.1) is 10.1 Å². The van der Waals surface area contributed by atoms with Crippen LogP contribution in [0.1, 0.15) is 25.7 Å². The van der Waals surface area contributed by atoms with E-state index in [9.17, 15) is 14.9 Å². The molecule has 7 heteroatoms. The lowest BCUT2D eigenvalue weighted by atomic mass is 10.2. The van der Waals surface area contributed by atoms with E-state index < -0.39 is 4.92 Å². The smallest absolute Gasteiger partial charge is 0.296 e. The molecule has 1 fully saturated rings. The van der Waals surface area contributed by atoms with Gasteiger partial charge in [-0.25, -0.2) is 0 Å². The Balaban J connectivity index is 2.09. The zero-order chi connectivity index (χ0) is 17.0. The highest BCUT2D eigenvalue weighted by Crippen LogP contribution is 2.30. The van der Waals surface area contributed by atoms with Gasteiger partial charge in [0.2, 0.25) is 0 Å². The van der Waals surface area contributed by atoms with Crippen molar-refractivity contribution in [2.24, 2.45) is 0 Å². The molecule has 7 nitrogen and oxygen atoms in total. The molecule has 0 bridgehead atoms. The monoisotopic (exact) mass is 322 g/mol. The van der Waals surface area contributed by atoms with E-state index in [2.05, 4.69) is 5.32 Å². The summed E-state index contributed by atoms with van der Waals surface area (Å²) in [5.74, 6) is 0.173. The number of quaternary nitrogens is 1. The first-order chi connectivity index (χ1) is 10.8. The number of anilines is 1. The molecule has 0 spiro atoms. The lowest BCUT2D eigenvalue weighted by Gasteiger charge is -2.35. The number of rotatable bonds is 6. The van der Waals surface area contributed by atoms with E-state index in [1.54, 1.807) is 6.07 Å². The Morgan fingerprint density at radius 3 is 2.61 bits per heavy atom. The van der Waals surface area contributed by atoms with E-state index in [1.807, 2.05) is 14.1 Å². The third kappa shape index (κ3) is 4.19. The normalized spacial score (nSPS) is 15.4. The molecular formula is C16H24N3O4+. The van der Waals surface area contributed by atoms with Crippen molar-refractivity contribution < 1.29 is 18.9 Å². The quantitative estimate of drug-likeness (QED) is 0.496. The Morgan fingerprint density at radius 1 is 1.39 bits per heavy atom. The van der Waals surface area contributed by atoms with Crippen LogP contribution in [0.2, 0.25) is 0 Å². The second-order valence-corrected chi connectivity index (χ2v) is 6.56. The van der Waals surface area contributed by atoms with Gasteiger partial charge in [0, 0.05) is 0 Å². The fourth-order valence-corrected chi connectivity index (χ4v) is 3.19. The van der Waals surface area contributed by atoms with E-state index in [0.29, 0.717) is 22.8 Å². The van der Waals surface area contributed by atoms with E-state index in [1.165, 1.54) is 32.1 Å². The predicted octanol–water partition coefficient (Wildman–Crippen LogP) is 2.56. The van der Waals surface area contributed by atoms with Gasteiger partial charge >= 0.3 is 0 Å². The molecule has 0 atom stereocenters. The molecule has 1 N–H and O–H groups in total. The molecule has 0 heterocycles. The number of nitro benzene ring substituents is 1. The summed E-state index contributed by atoms with van der Waals surface area (Å²) < 4.78 is 5.60. The van der Waals surface area contributed by atoms with Crippen LogP contribution in [0.3, 0.4) is 0 Å². The molecule has 1 aliphatic carbocycles. The molecule has 0 unspecified atom stereocenters. The average molecular weight is 322 g/mol. The molecule has 1 aromatic carbocycles. The third-order valence-corrected chi connectivity index (χ3v) is 4.54. The first-order valence-electron chi connectivity index (χ1n) is 7.78.